The summed E-state index contributed by atoms with van der Waals surface area (Å²) in [6.07, 6.45) is 2.18. The molecule has 4 aromatic rings. The Morgan fingerprint density at radius 3 is 2.88 bits per heavy atom. The maximum atomic E-state index is 13.1. The summed E-state index contributed by atoms with van der Waals surface area (Å²) >= 11 is 2.86. The highest BCUT2D eigenvalue weighted by Gasteiger charge is 2.34. The molecule has 1 aliphatic rings. The van der Waals surface area contributed by atoms with Gasteiger partial charge in [-0.25, -0.2) is 9.99 Å². The van der Waals surface area contributed by atoms with Crippen molar-refractivity contribution in [1.29, 1.82) is 0 Å². The molecule has 1 N–H and O–H groups in total. The van der Waals surface area contributed by atoms with Gasteiger partial charge < -0.3 is 9.15 Å². The molecule has 162 valence electrons. The third-order valence-electron chi connectivity index (χ3n) is 5.00. The number of carbonyl (C=O) groups excluding carboxylic acids is 1. The number of ether oxygens (including phenoxy) is 1. The molecule has 0 unspecified atom stereocenters. The van der Waals surface area contributed by atoms with Gasteiger partial charge in [0.05, 0.1) is 29.7 Å². The zero-order chi connectivity index (χ0) is 21.9. The van der Waals surface area contributed by atoms with Crippen LogP contribution in [0.3, 0.4) is 0 Å². The Kier molecular flexibility index (Phi) is 5.78. The van der Waals surface area contributed by atoms with E-state index in [4.69, 9.17) is 9.15 Å². The first-order chi connectivity index (χ1) is 15.7. The number of thioether (sulfide) groups is 1. The summed E-state index contributed by atoms with van der Waals surface area (Å²) in [5.41, 5.74) is 1.77. The molecule has 3 aromatic heterocycles. The number of amides is 1. The number of hydrogen-bond acceptors (Lipinski definition) is 8. The van der Waals surface area contributed by atoms with Crippen LogP contribution >= 0.6 is 23.1 Å². The Hall–Kier alpha value is -3.37. The third kappa shape index (κ3) is 4.19. The smallest absolute Gasteiger partial charge is 0.253 e. The standard InChI is InChI=1S/C22H19N5O3S2/c1-29-15-8-6-14(7-9-15)16-12-17(18-4-2-10-30-18)27(26-16)20(28)13-32-22-23-21(24-25-22)19-5-3-11-31-19/h2-11,17H,12-13H2,1H3,(H,23,24,25)/t17-/m0/s1. The lowest BCUT2D eigenvalue weighted by Crippen LogP contribution is -2.28. The van der Waals surface area contributed by atoms with Crippen LogP contribution < -0.4 is 4.74 Å². The third-order valence-corrected chi connectivity index (χ3v) is 6.71. The van der Waals surface area contributed by atoms with Gasteiger partial charge in [-0.05, 0) is 53.4 Å². The van der Waals surface area contributed by atoms with Crippen molar-refractivity contribution in [2.24, 2.45) is 5.10 Å². The zero-order valence-electron chi connectivity index (χ0n) is 17.1. The largest absolute Gasteiger partial charge is 0.497 e. The van der Waals surface area contributed by atoms with Crippen molar-refractivity contribution in [3.05, 3.63) is 71.5 Å². The molecule has 1 amide bonds. The van der Waals surface area contributed by atoms with Crippen LogP contribution in [0, 0.1) is 0 Å². The lowest BCUT2D eigenvalue weighted by Gasteiger charge is -2.19. The van der Waals surface area contributed by atoms with E-state index in [9.17, 15) is 4.79 Å². The number of benzene rings is 1. The second-order valence-corrected chi connectivity index (χ2v) is 8.87. The number of methoxy groups -OCH3 is 1. The van der Waals surface area contributed by atoms with Gasteiger partial charge in [-0.2, -0.15) is 5.10 Å². The number of hydrogen-bond donors (Lipinski definition) is 1. The minimum absolute atomic E-state index is 0.137. The number of H-pyrrole nitrogens is 1. The van der Waals surface area contributed by atoms with Gasteiger partial charge in [-0.3, -0.25) is 9.89 Å². The maximum Gasteiger partial charge on any atom is 0.253 e. The molecule has 32 heavy (non-hydrogen) atoms. The van der Waals surface area contributed by atoms with Gasteiger partial charge in [0.2, 0.25) is 5.16 Å². The molecular weight excluding hydrogens is 446 g/mol. The van der Waals surface area contributed by atoms with Gasteiger partial charge in [0, 0.05) is 6.42 Å². The maximum absolute atomic E-state index is 13.1. The molecule has 4 heterocycles. The van der Waals surface area contributed by atoms with Crippen LogP contribution in [0.25, 0.3) is 10.7 Å². The van der Waals surface area contributed by atoms with E-state index in [0.717, 1.165) is 21.9 Å². The van der Waals surface area contributed by atoms with Crippen molar-refractivity contribution in [2.45, 2.75) is 17.6 Å². The topological polar surface area (TPSA) is 96.6 Å². The first-order valence-corrected chi connectivity index (χ1v) is 11.7. The van der Waals surface area contributed by atoms with Crippen LogP contribution in [0.5, 0.6) is 5.75 Å². The first-order valence-electron chi connectivity index (χ1n) is 9.87. The van der Waals surface area contributed by atoms with Crippen LogP contribution in [0.4, 0.5) is 0 Å². The van der Waals surface area contributed by atoms with Crippen LogP contribution in [0.1, 0.15) is 23.8 Å². The molecule has 1 atom stereocenters. The number of hydrazone groups is 1. The van der Waals surface area contributed by atoms with Gasteiger partial charge in [-0.1, -0.05) is 17.8 Å². The summed E-state index contributed by atoms with van der Waals surface area (Å²) in [4.78, 5) is 18.6. The minimum Gasteiger partial charge on any atom is -0.497 e. The highest BCUT2D eigenvalue weighted by Crippen LogP contribution is 2.34. The number of furan rings is 1. The molecule has 0 bridgehead atoms. The second kappa shape index (κ2) is 9.01. The predicted molar refractivity (Wildman–Crippen MR) is 123 cm³/mol. The molecule has 1 aliphatic heterocycles. The molecule has 0 aliphatic carbocycles. The van der Waals surface area contributed by atoms with Crippen LogP contribution in [0.2, 0.25) is 0 Å². The average molecular weight is 466 g/mol. The number of aromatic nitrogens is 3. The fraction of sp³-hybridized carbons (Fsp3) is 0.182. The Morgan fingerprint density at radius 2 is 2.16 bits per heavy atom. The van der Waals surface area contributed by atoms with Crippen molar-refractivity contribution >= 4 is 34.7 Å². The van der Waals surface area contributed by atoms with Gasteiger partial charge in [0.1, 0.15) is 17.6 Å². The Bertz CT molecular complexity index is 1220. The predicted octanol–water partition coefficient (Wildman–Crippen LogP) is 4.60. The van der Waals surface area contributed by atoms with Crippen LogP contribution in [-0.4, -0.2) is 44.7 Å². The van der Waals surface area contributed by atoms with Gasteiger partial charge in [0.15, 0.2) is 5.82 Å². The first kappa shape index (κ1) is 20.5. The molecule has 8 nitrogen and oxygen atoms in total. The number of nitrogens with one attached hydrogen (secondary N) is 1. The lowest BCUT2D eigenvalue weighted by atomic mass is 10.0. The van der Waals surface area contributed by atoms with Crippen molar-refractivity contribution in [3.63, 3.8) is 0 Å². The molecule has 1 aromatic carbocycles. The molecule has 0 saturated heterocycles. The lowest BCUT2D eigenvalue weighted by molar-refractivity contribution is -0.130. The molecule has 5 rings (SSSR count). The minimum atomic E-state index is -0.288. The van der Waals surface area contributed by atoms with E-state index in [1.54, 1.807) is 24.7 Å². The normalized spacial score (nSPS) is 15.7. The fourth-order valence-corrected chi connectivity index (χ4v) is 4.74. The summed E-state index contributed by atoms with van der Waals surface area (Å²) < 4.78 is 10.8. The highest BCUT2D eigenvalue weighted by atomic mass is 32.2. The average Bonchev–Trinajstić information content (AvgIpc) is 3.63. The number of thiophene rings is 1. The van der Waals surface area contributed by atoms with Crippen molar-refractivity contribution in [1.82, 2.24) is 20.2 Å². The molecular formula is C22H19N5O3S2. The summed E-state index contributed by atoms with van der Waals surface area (Å²) in [5.74, 6) is 2.20. The van der Waals surface area contributed by atoms with Crippen LogP contribution in [-0.2, 0) is 4.79 Å². The van der Waals surface area contributed by atoms with E-state index in [2.05, 4.69) is 20.3 Å². The zero-order valence-corrected chi connectivity index (χ0v) is 18.7. The van der Waals surface area contributed by atoms with Gasteiger partial charge in [0.25, 0.3) is 5.91 Å². The SMILES string of the molecule is COc1ccc(C2=NN(C(=O)CSc3n[nH]c(-c4cccs4)n3)[C@H](c3ccco3)C2)cc1. The van der Waals surface area contributed by atoms with Crippen molar-refractivity contribution in [3.8, 4) is 16.5 Å². The van der Waals surface area contributed by atoms with Crippen LogP contribution in [0.15, 0.2) is 74.8 Å². The van der Waals surface area contributed by atoms with E-state index in [1.807, 2.05) is 53.9 Å². The van der Waals surface area contributed by atoms with Crippen molar-refractivity contribution in [2.75, 3.05) is 12.9 Å². The monoisotopic (exact) mass is 465 g/mol. The quantitative estimate of drug-likeness (QED) is 0.401. The van der Waals surface area contributed by atoms with Gasteiger partial charge >= 0.3 is 0 Å². The molecule has 0 saturated carbocycles. The summed E-state index contributed by atoms with van der Waals surface area (Å²) in [5, 5.41) is 15.8. The number of nitrogens with zero attached hydrogens (tertiary/aromatic N) is 4. The summed E-state index contributed by atoms with van der Waals surface area (Å²) in [7, 11) is 1.63. The number of carbonyl (C=O) groups is 1. The summed E-state index contributed by atoms with van der Waals surface area (Å²) in [6, 6.07) is 15.0. The Balaban J connectivity index is 1.32. The molecule has 0 spiro atoms. The number of rotatable bonds is 7. The molecule has 0 fully saturated rings. The Morgan fingerprint density at radius 1 is 1.28 bits per heavy atom. The van der Waals surface area contributed by atoms with E-state index in [0.29, 0.717) is 23.2 Å². The van der Waals surface area contributed by atoms with Crippen molar-refractivity contribution < 1.29 is 13.9 Å². The van der Waals surface area contributed by atoms with E-state index < -0.39 is 0 Å². The number of aromatic amines is 1. The fourth-order valence-electron chi connectivity index (χ4n) is 3.43. The molecule has 0 radical (unpaired) electrons. The van der Waals surface area contributed by atoms with E-state index >= 15 is 0 Å². The second-order valence-electron chi connectivity index (χ2n) is 6.98. The Labute approximate surface area is 192 Å². The van der Waals surface area contributed by atoms with E-state index in [1.165, 1.54) is 16.8 Å². The van der Waals surface area contributed by atoms with E-state index in [-0.39, 0.29) is 17.7 Å². The van der Waals surface area contributed by atoms with Gasteiger partial charge in [-0.15, -0.1) is 16.4 Å². The summed E-state index contributed by atoms with van der Waals surface area (Å²) in [6.45, 7) is 0. The highest BCUT2D eigenvalue weighted by molar-refractivity contribution is 7.99. The molecule has 10 heteroatoms.